The lowest BCUT2D eigenvalue weighted by molar-refractivity contribution is 0.142. The van der Waals surface area contributed by atoms with Crippen molar-refractivity contribution in [1.29, 1.82) is 0 Å². The van der Waals surface area contributed by atoms with E-state index < -0.39 is 6.10 Å². The van der Waals surface area contributed by atoms with Crippen LogP contribution < -0.4 is 5.73 Å². The zero-order chi connectivity index (χ0) is 10.1. The zero-order valence-electron chi connectivity index (χ0n) is 8.43. The molecule has 0 aromatic carbocycles. The van der Waals surface area contributed by atoms with E-state index in [9.17, 15) is 5.11 Å². The van der Waals surface area contributed by atoms with E-state index in [-0.39, 0.29) is 6.04 Å². The van der Waals surface area contributed by atoms with Gasteiger partial charge in [-0.2, -0.15) is 5.10 Å². The highest BCUT2D eigenvalue weighted by atomic mass is 16.3. The average molecular weight is 195 g/mol. The number of hydrogen-bond donors (Lipinski definition) is 2. The van der Waals surface area contributed by atoms with Crippen LogP contribution >= 0.6 is 0 Å². The van der Waals surface area contributed by atoms with Crippen LogP contribution in [0.25, 0.3) is 0 Å². The van der Waals surface area contributed by atoms with Gasteiger partial charge in [-0.25, -0.2) is 0 Å². The average Bonchev–Trinajstić information content (AvgIpc) is 2.82. The van der Waals surface area contributed by atoms with Crippen LogP contribution in [0.4, 0.5) is 0 Å². The molecule has 1 aromatic rings. The molecule has 1 saturated carbocycles. The van der Waals surface area contributed by atoms with Crippen LogP contribution in [0, 0.1) is 5.92 Å². The minimum Gasteiger partial charge on any atom is -0.385 e. The van der Waals surface area contributed by atoms with Crippen molar-refractivity contribution in [2.24, 2.45) is 11.7 Å². The Balaban J connectivity index is 2.11. The number of nitrogens with zero attached hydrogens (tertiary/aromatic N) is 2. The molecule has 1 aromatic heterocycles. The summed E-state index contributed by atoms with van der Waals surface area (Å²) >= 11 is 0. The second kappa shape index (κ2) is 3.71. The molecule has 0 aliphatic heterocycles. The molecule has 1 fully saturated rings. The molecule has 1 heterocycles. The molecule has 2 atom stereocenters. The summed E-state index contributed by atoms with van der Waals surface area (Å²) in [5.74, 6) is 0.758. The summed E-state index contributed by atoms with van der Waals surface area (Å²) in [5, 5.41) is 14.0. The molecule has 0 saturated heterocycles. The molecule has 2 unspecified atom stereocenters. The van der Waals surface area contributed by atoms with E-state index in [1.54, 1.807) is 13.1 Å². The third-order valence-corrected chi connectivity index (χ3v) is 2.68. The van der Waals surface area contributed by atoms with Gasteiger partial charge in [0.2, 0.25) is 0 Å². The maximum Gasteiger partial charge on any atom is 0.110 e. The maximum absolute atomic E-state index is 9.81. The number of rotatable bonds is 4. The Morgan fingerprint density at radius 2 is 2.43 bits per heavy atom. The molecule has 0 radical (unpaired) electrons. The second-order valence-corrected chi connectivity index (χ2v) is 4.19. The van der Waals surface area contributed by atoms with Crippen LogP contribution in [0.1, 0.15) is 31.6 Å². The summed E-state index contributed by atoms with van der Waals surface area (Å²) in [6.45, 7) is 2.73. The lowest BCUT2D eigenvalue weighted by Gasteiger charge is -2.16. The SMILES string of the molecule is CC(N)C(O)c1ccnn1CC1CC1. The topological polar surface area (TPSA) is 64.1 Å². The van der Waals surface area contributed by atoms with Crippen LogP contribution in [-0.2, 0) is 6.54 Å². The van der Waals surface area contributed by atoms with Crippen molar-refractivity contribution < 1.29 is 5.11 Å². The number of aliphatic hydroxyl groups excluding tert-OH is 1. The number of nitrogens with two attached hydrogens (primary N) is 1. The van der Waals surface area contributed by atoms with Gasteiger partial charge in [-0.05, 0) is 31.7 Å². The van der Waals surface area contributed by atoms with Gasteiger partial charge in [-0.1, -0.05) is 0 Å². The molecule has 14 heavy (non-hydrogen) atoms. The van der Waals surface area contributed by atoms with Gasteiger partial charge in [-0.15, -0.1) is 0 Å². The van der Waals surface area contributed by atoms with Crippen LogP contribution in [0.15, 0.2) is 12.3 Å². The number of aromatic nitrogens is 2. The molecular formula is C10H17N3O. The third-order valence-electron chi connectivity index (χ3n) is 2.68. The minimum absolute atomic E-state index is 0.246. The molecule has 2 rings (SSSR count). The summed E-state index contributed by atoms with van der Waals surface area (Å²) in [6.07, 6.45) is 3.70. The van der Waals surface area contributed by atoms with E-state index in [2.05, 4.69) is 5.10 Å². The highest BCUT2D eigenvalue weighted by Gasteiger charge is 2.25. The minimum atomic E-state index is -0.601. The van der Waals surface area contributed by atoms with Crippen LogP contribution in [-0.4, -0.2) is 20.9 Å². The van der Waals surface area contributed by atoms with E-state index in [0.717, 1.165) is 18.2 Å². The first-order valence-electron chi connectivity index (χ1n) is 5.14. The molecule has 1 aliphatic carbocycles. The van der Waals surface area contributed by atoms with Crippen molar-refractivity contribution in [3.05, 3.63) is 18.0 Å². The Morgan fingerprint density at radius 1 is 1.71 bits per heavy atom. The molecule has 0 bridgehead atoms. The lowest BCUT2D eigenvalue weighted by Crippen LogP contribution is -2.26. The fourth-order valence-corrected chi connectivity index (χ4v) is 1.56. The van der Waals surface area contributed by atoms with Gasteiger partial charge in [0.25, 0.3) is 0 Å². The second-order valence-electron chi connectivity index (χ2n) is 4.19. The maximum atomic E-state index is 9.81. The smallest absolute Gasteiger partial charge is 0.110 e. The van der Waals surface area contributed by atoms with Crippen LogP contribution in [0.3, 0.4) is 0 Å². The summed E-state index contributed by atoms with van der Waals surface area (Å²) < 4.78 is 1.88. The van der Waals surface area contributed by atoms with E-state index in [1.165, 1.54) is 12.8 Å². The van der Waals surface area contributed by atoms with Gasteiger partial charge in [0, 0.05) is 18.8 Å². The van der Waals surface area contributed by atoms with Crippen molar-refractivity contribution in [3.63, 3.8) is 0 Å². The summed E-state index contributed by atoms with van der Waals surface area (Å²) in [4.78, 5) is 0. The molecule has 4 nitrogen and oxygen atoms in total. The monoisotopic (exact) mass is 195 g/mol. The predicted molar refractivity (Wildman–Crippen MR) is 53.6 cm³/mol. The van der Waals surface area contributed by atoms with Gasteiger partial charge in [0.15, 0.2) is 0 Å². The van der Waals surface area contributed by atoms with Crippen molar-refractivity contribution in [2.75, 3.05) is 0 Å². The predicted octanol–water partition coefficient (Wildman–Crippen LogP) is 0.674. The highest BCUT2D eigenvalue weighted by Crippen LogP contribution is 2.31. The fraction of sp³-hybridized carbons (Fsp3) is 0.700. The summed E-state index contributed by atoms with van der Waals surface area (Å²) in [7, 11) is 0. The lowest BCUT2D eigenvalue weighted by atomic mass is 10.1. The van der Waals surface area contributed by atoms with E-state index in [4.69, 9.17) is 5.73 Å². The standard InChI is InChI=1S/C10H17N3O/c1-7(11)10(14)9-4-5-12-13(9)6-8-2-3-8/h4-5,7-8,10,14H,2-3,6,11H2,1H3. The van der Waals surface area contributed by atoms with Crippen LogP contribution in [0.2, 0.25) is 0 Å². The molecule has 0 spiro atoms. The van der Waals surface area contributed by atoms with Crippen LogP contribution in [0.5, 0.6) is 0 Å². The third kappa shape index (κ3) is 1.96. The Kier molecular flexibility index (Phi) is 2.56. The molecule has 78 valence electrons. The number of aliphatic hydroxyl groups is 1. The molecule has 1 aliphatic rings. The Morgan fingerprint density at radius 3 is 3.00 bits per heavy atom. The van der Waals surface area contributed by atoms with Crippen molar-refractivity contribution >= 4 is 0 Å². The van der Waals surface area contributed by atoms with Crippen molar-refractivity contribution in [3.8, 4) is 0 Å². The molecular weight excluding hydrogens is 178 g/mol. The van der Waals surface area contributed by atoms with Crippen molar-refractivity contribution in [2.45, 2.75) is 38.5 Å². The van der Waals surface area contributed by atoms with Gasteiger partial charge in [-0.3, -0.25) is 4.68 Å². The van der Waals surface area contributed by atoms with Gasteiger partial charge >= 0.3 is 0 Å². The van der Waals surface area contributed by atoms with Gasteiger partial charge < -0.3 is 10.8 Å². The zero-order valence-corrected chi connectivity index (χ0v) is 8.43. The molecule has 3 N–H and O–H groups in total. The molecule has 4 heteroatoms. The highest BCUT2D eigenvalue weighted by molar-refractivity contribution is 5.07. The first-order valence-corrected chi connectivity index (χ1v) is 5.14. The molecule has 0 amide bonds. The van der Waals surface area contributed by atoms with Gasteiger partial charge in [0.1, 0.15) is 6.10 Å². The van der Waals surface area contributed by atoms with E-state index >= 15 is 0 Å². The first kappa shape index (κ1) is 9.68. The number of hydrogen-bond acceptors (Lipinski definition) is 3. The van der Waals surface area contributed by atoms with E-state index in [0.29, 0.717) is 0 Å². The first-order chi connectivity index (χ1) is 6.68. The van der Waals surface area contributed by atoms with Crippen molar-refractivity contribution in [1.82, 2.24) is 9.78 Å². The fourth-order valence-electron chi connectivity index (χ4n) is 1.56. The van der Waals surface area contributed by atoms with Gasteiger partial charge in [0.05, 0.1) is 5.69 Å². The normalized spacial score (nSPS) is 20.8. The van der Waals surface area contributed by atoms with E-state index in [1.807, 2.05) is 10.7 Å². The summed E-state index contributed by atoms with van der Waals surface area (Å²) in [6, 6.07) is 1.60. The largest absolute Gasteiger partial charge is 0.385 e. The summed E-state index contributed by atoms with van der Waals surface area (Å²) in [5.41, 5.74) is 6.49. The Labute approximate surface area is 83.7 Å². The quantitative estimate of drug-likeness (QED) is 0.742. The Hall–Kier alpha value is -0.870. The Bertz CT molecular complexity index is 304.